The average molecular weight is 395 g/mol. The van der Waals surface area contributed by atoms with E-state index in [2.05, 4.69) is 25.8 Å². The fourth-order valence-electron chi connectivity index (χ4n) is 1.62. The van der Waals surface area contributed by atoms with Gasteiger partial charge in [-0.15, -0.1) is 11.3 Å². The number of sulfonamides is 1. The minimum absolute atomic E-state index is 0.178. The van der Waals surface area contributed by atoms with E-state index >= 15 is 0 Å². The van der Waals surface area contributed by atoms with E-state index in [1.807, 2.05) is 0 Å². The first-order valence-corrected chi connectivity index (χ1v) is 9.08. The number of thiophene rings is 1. The van der Waals surface area contributed by atoms with Crippen molar-refractivity contribution in [3.05, 3.63) is 27.1 Å². The van der Waals surface area contributed by atoms with Crippen molar-refractivity contribution in [2.45, 2.75) is 18.0 Å². The third-order valence-electron chi connectivity index (χ3n) is 2.61. The second-order valence-corrected chi connectivity index (χ2v) is 8.25. The number of ether oxygens (including phenoxy) is 1. The fourth-order valence-corrected chi connectivity index (χ4v) is 5.21. The summed E-state index contributed by atoms with van der Waals surface area (Å²) >= 11 is 4.56. The summed E-state index contributed by atoms with van der Waals surface area (Å²) in [6, 6.07) is 1.56. The summed E-state index contributed by atoms with van der Waals surface area (Å²) in [5.74, 6) is 0. The van der Waals surface area contributed by atoms with Gasteiger partial charge in [0, 0.05) is 24.7 Å². The highest BCUT2D eigenvalue weighted by Crippen LogP contribution is 2.32. The van der Waals surface area contributed by atoms with Gasteiger partial charge >= 0.3 is 0 Å². The first-order valence-electron chi connectivity index (χ1n) is 5.98. The van der Waals surface area contributed by atoms with Gasteiger partial charge in [0.05, 0.1) is 28.8 Å². The lowest BCUT2D eigenvalue weighted by molar-refractivity contribution is 0.183. The van der Waals surface area contributed by atoms with Crippen LogP contribution in [-0.4, -0.2) is 31.9 Å². The van der Waals surface area contributed by atoms with E-state index in [-0.39, 0.29) is 4.90 Å². The van der Waals surface area contributed by atoms with Gasteiger partial charge in [-0.2, -0.15) is 5.10 Å². The van der Waals surface area contributed by atoms with Crippen molar-refractivity contribution in [1.82, 2.24) is 9.78 Å². The first kappa shape index (κ1) is 16.4. The third kappa shape index (κ3) is 4.04. The van der Waals surface area contributed by atoms with E-state index in [9.17, 15) is 8.42 Å². The monoisotopic (exact) mass is 394 g/mol. The molecular weight excluding hydrogens is 380 g/mol. The number of anilines is 1. The van der Waals surface area contributed by atoms with Crippen molar-refractivity contribution < 1.29 is 13.2 Å². The molecule has 0 aromatic carbocycles. The van der Waals surface area contributed by atoms with Crippen LogP contribution in [0.2, 0.25) is 0 Å². The average Bonchev–Trinajstić information content (AvgIpc) is 3.02. The molecule has 116 valence electrons. The number of rotatable bonds is 7. The standard InChI is InChI=1S/C11H15BrN4O3S2/c1-19-3-2-16-7-8(6-14-16)15-21(17,18)10-4-9(5-13)20-11(10)12/h4,6-7,15H,2-3,5,13H2,1H3. The Balaban J connectivity index is 2.16. The minimum Gasteiger partial charge on any atom is -0.383 e. The highest BCUT2D eigenvalue weighted by molar-refractivity contribution is 9.11. The van der Waals surface area contributed by atoms with Crippen LogP contribution in [0.1, 0.15) is 4.88 Å². The first-order chi connectivity index (χ1) is 9.96. The molecule has 10 heteroatoms. The zero-order chi connectivity index (χ0) is 15.5. The molecule has 3 N–H and O–H groups in total. The smallest absolute Gasteiger partial charge is 0.263 e. The number of aromatic nitrogens is 2. The molecule has 7 nitrogen and oxygen atoms in total. The molecule has 2 aromatic heterocycles. The molecule has 0 bridgehead atoms. The van der Waals surface area contributed by atoms with Crippen molar-refractivity contribution in [3.63, 3.8) is 0 Å². The molecule has 0 saturated carbocycles. The molecule has 2 aromatic rings. The van der Waals surface area contributed by atoms with Crippen molar-refractivity contribution in [2.75, 3.05) is 18.4 Å². The van der Waals surface area contributed by atoms with Crippen LogP contribution in [0.15, 0.2) is 27.1 Å². The van der Waals surface area contributed by atoms with Gasteiger partial charge in [0.15, 0.2) is 0 Å². The summed E-state index contributed by atoms with van der Waals surface area (Å²) in [5, 5.41) is 4.06. The zero-order valence-corrected chi connectivity index (χ0v) is 14.5. The minimum atomic E-state index is -3.67. The van der Waals surface area contributed by atoms with E-state index < -0.39 is 10.0 Å². The lowest BCUT2D eigenvalue weighted by Crippen LogP contribution is -2.12. The van der Waals surface area contributed by atoms with Crippen LogP contribution in [0.25, 0.3) is 0 Å². The molecule has 0 aliphatic rings. The SMILES string of the molecule is COCCn1cc(NS(=O)(=O)c2cc(CN)sc2Br)cn1. The molecule has 0 aliphatic carbocycles. The summed E-state index contributed by atoms with van der Waals surface area (Å²) in [5.41, 5.74) is 5.93. The second kappa shape index (κ2) is 6.88. The lowest BCUT2D eigenvalue weighted by Gasteiger charge is -2.04. The van der Waals surface area contributed by atoms with Gasteiger partial charge in [-0.1, -0.05) is 0 Å². The van der Waals surface area contributed by atoms with Crippen LogP contribution in [0.5, 0.6) is 0 Å². The largest absolute Gasteiger partial charge is 0.383 e. The second-order valence-electron chi connectivity index (χ2n) is 4.15. The topological polar surface area (TPSA) is 99.2 Å². The van der Waals surface area contributed by atoms with Gasteiger partial charge in [-0.25, -0.2) is 8.42 Å². The molecule has 0 atom stereocenters. The number of nitrogens with two attached hydrogens (primary N) is 1. The van der Waals surface area contributed by atoms with Gasteiger partial charge in [-0.05, 0) is 22.0 Å². The summed E-state index contributed by atoms with van der Waals surface area (Å²) in [4.78, 5) is 0.968. The molecule has 2 rings (SSSR count). The van der Waals surface area contributed by atoms with E-state index in [0.29, 0.717) is 29.2 Å². The maximum Gasteiger partial charge on any atom is 0.263 e. The van der Waals surface area contributed by atoms with Gasteiger partial charge in [0.25, 0.3) is 10.0 Å². The van der Waals surface area contributed by atoms with Crippen LogP contribution >= 0.6 is 27.3 Å². The predicted molar refractivity (Wildman–Crippen MR) is 84.8 cm³/mol. The predicted octanol–water partition coefficient (Wildman–Crippen LogP) is 1.61. The van der Waals surface area contributed by atoms with E-state index in [1.54, 1.807) is 24.1 Å². The molecule has 0 radical (unpaired) electrons. The van der Waals surface area contributed by atoms with E-state index in [1.165, 1.54) is 17.5 Å². The van der Waals surface area contributed by atoms with E-state index in [0.717, 1.165) is 4.88 Å². The molecule has 21 heavy (non-hydrogen) atoms. The van der Waals surface area contributed by atoms with Crippen molar-refractivity contribution in [3.8, 4) is 0 Å². The van der Waals surface area contributed by atoms with Gasteiger partial charge in [0.2, 0.25) is 0 Å². The van der Waals surface area contributed by atoms with Gasteiger partial charge in [-0.3, -0.25) is 9.40 Å². The zero-order valence-electron chi connectivity index (χ0n) is 11.2. The molecule has 0 fully saturated rings. The maximum atomic E-state index is 12.3. The summed E-state index contributed by atoms with van der Waals surface area (Å²) < 4.78 is 34.2. The number of methoxy groups -OCH3 is 1. The van der Waals surface area contributed by atoms with Gasteiger partial charge in [0.1, 0.15) is 4.90 Å². The summed E-state index contributed by atoms with van der Waals surface area (Å²) in [6.07, 6.45) is 3.07. The Morgan fingerprint density at radius 1 is 1.57 bits per heavy atom. The fraction of sp³-hybridized carbons (Fsp3) is 0.364. The lowest BCUT2D eigenvalue weighted by atomic mass is 10.5. The molecule has 0 unspecified atom stereocenters. The van der Waals surface area contributed by atoms with Crippen LogP contribution in [-0.2, 0) is 27.8 Å². The van der Waals surface area contributed by atoms with Crippen LogP contribution in [0.3, 0.4) is 0 Å². The quantitative estimate of drug-likeness (QED) is 0.742. The molecule has 0 amide bonds. The third-order valence-corrected chi connectivity index (χ3v) is 6.26. The number of halogens is 1. The Hall–Kier alpha value is -0.940. The Bertz CT molecular complexity index is 711. The highest BCUT2D eigenvalue weighted by Gasteiger charge is 2.21. The molecule has 0 saturated heterocycles. The van der Waals surface area contributed by atoms with Crippen LogP contribution in [0, 0.1) is 0 Å². The summed E-state index contributed by atoms with van der Waals surface area (Å²) in [7, 11) is -2.07. The van der Waals surface area contributed by atoms with Crippen molar-refractivity contribution in [2.24, 2.45) is 5.73 Å². The maximum absolute atomic E-state index is 12.3. The number of nitrogens with one attached hydrogen (secondary N) is 1. The molecule has 2 heterocycles. The van der Waals surface area contributed by atoms with Gasteiger partial charge < -0.3 is 10.5 Å². The molecular formula is C11H15BrN4O3S2. The highest BCUT2D eigenvalue weighted by atomic mass is 79.9. The summed E-state index contributed by atoms with van der Waals surface area (Å²) in [6.45, 7) is 1.36. The number of hydrogen-bond acceptors (Lipinski definition) is 6. The van der Waals surface area contributed by atoms with Crippen molar-refractivity contribution >= 4 is 43.0 Å². The normalized spacial score (nSPS) is 11.8. The molecule has 0 spiro atoms. The number of hydrogen-bond donors (Lipinski definition) is 2. The Morgan fingerprint density at radius 3 is 2.95 bits per heavy atom. The van der Waals surface area contributed by atoms with Crippen LogP contribution in [0.4, 0.5) is 5.69 Å². The van der Waals surface area contributed by atoms with E-state index in [4.69, 9.17) is 10.5 Å². The Labute approximate surface area is 135 Å². The van der Waals surface area contributed by atoms with Crippen molar-refractivity contribution in [1.29, 1.82) is 0 Å². The molecule has 0 aliphatic heterocycles. The Kier molecular flexibility index (Phi) is 5.38. The van der Waals surface area contributed by atoms with Crippen LogP contribution < -0.4 is 10.5 Å². The Morgan fingerprint density at radius 2 is 2.33 bits per heavy atom. The number of nitrogens with zero attached hydrogens (tertiary/aromatic N) is 2.